The number of nitrogens with two attached hydrogens (primary N) is 1. The number of rotatable bonds is 1. The Balaban J connectivity index is 2.29. The van der Waals surface area contributed by atoms with Gasteiger partial charge in [0.2, 0.25) is 0 Å². The number of aromatic nitrogens is 1. The molecule has 2 aromatic rings. The average molecular weight is 227 g/mol. The van der Waals surface area contributed by atoms with Gasteiger partial charge in [-0.1, -0.05) is 18.2 Å². The summed E-state index contributed by atoms with van der Waals surface area (Å²) in [6.07, 6.45) is 1.73. The van der Waals surface area contributed by atoms with Crippen molar-refractivity contribution < 1.29 is 9.59 Å². The van der Waals surface area contributed by atoms with Crippen molar-refractivity contribution in [3.8, 4) is 0 Å². The topological polar surface area (TPSA) is 77.1 Å². The number of hydrogen-bond donors (Lipinski definition) is 2. The number of para-hydroxylation sites is 1. The summed E-state index contributed by atoms with van der Waals surface area (Å²) >= 11 is 0. The number of amides is 2. The number of carbonyl (C=O) groups excluding carboxylic acids is 2. The maximum absolute atomic E-state index is 11.6. The van der Waals surface area contributed by atoms with E-state index in [9.17, 15) is 9.59 Å². The van der Waals surface area contributed by atoms with Crippen LogP contribution in [0.1, 0.15) is 0 Å². The van der Waals surface area contributed by atoms with Crippen LogP contribution in [0.25, 0.3) is 16.6 Å². The van der Waals surface area contributed by atoms with Crippen molar-refractivity contribution in [2.45, 2.75) is 0 Å². The number of nitrogens with one attached hydrogen (secondary N) is 1. The Morgan fingerprint density at radius 3 is 2.53 bits per heavy atom. The summed E-state index contributed by atoms with van der Waals surface area (Å²) in [6, 6.07) is 9.43. The fraction of sp³-hybridized carbons (Fsp3) is 0. The summed E-state index contributed by atoms with van der Waals surface area (Å²) in [6.45, 7) is 0. The standard InChI is InChI=1S/C12H9N3O2/c13-9-10(12(17)14-11(9)16)15-6-5-7-3-1-2-4-8(7)15/h1-6H,(H3,13,14,16,17). The number of imide groups is 1. The Labute approximate surface area is 96.5 Å². The molecule has 0 unspecified atom stereocenters. The molecule has 1 aliphatic rings. The Morgan fingerprint density at radius 2 is 1.82 bits per heavy atom. The van der Waals surface area contributed by atoms with Gasteiger partial charge in [0.1, 0.15) is 11.4 Å². The van der Waals surface area contributed by atoms with Crippen LogP contribution in [0.15, 0.2) is 42.2 Å². The Kier molecular flexibility index (Phi) is 1.82. The van der Waals surface area contributed by atoms with Gasteiger partial charge >= 0.3 is 0 Å². The molecule has 2 amide bonds. The normalized spacial score (nSPS) is 15.8. The second kappa shape index (κ2) is 3.21. The molecule has 0 atom stereocenters. The minimum Gasteiger partial charge on any atom is -0.392 e. The number of hydrogen-bond acceptors (Lipinski definition) is 3. The summed E-state index contributed by atoms with van der Waals surface area (Å²) in [4.78, 5) is 22.9. The molecule has 3 N–H and O–H groups in total. The second-order valence-corrected chi connectivity index (χ2v) is 3.79. The first-order valence-corrected chi connectivity index (χ1v) is 5.10. The van der Waals surface area contributed by atoms with E-state index in [1.54, 1.807) is 10.8 Å². The van der Waals surface area contributed by atoms with Gasteiger partial charge in [-0.25, -0.2) is 0 Å². The van der Waals surface area contributed by atoms with Gasteiger partial charge in [-0.05, 0) is 17.5 Å². The van der Waals surface area contributed by atoms with Crippen LogP contribution < -0.4 is 11.1 Å². The molecule has 0 aliphatic carbocycles. The first kappa shape index (κ1) is 9.65. The molecule has 5 nitrogen and oxygen atoms in total. The molecule has 1 aromatic carbocycles. The molecule has 17 heavy (non-hydrogen) atoms. The molecular formula is C12H9N3O2. The van der Waals surface area contributed by atoms with Gasteiger partial charge < -0.3 is 10.3 Å². The quantitative estimate of drug-likeness (QED) is 0.693. The lowest BCUT2D eigenvalue weighted by Crippen LogP contribution is -2.24. The van der Waals surface area contributed by atoms with Crippen LogP contribution in [-0.2, 0) is 9.59 Å². The van der Waals surface area contributed by atoms with E-state index in [0.717, 1.165) is 10.9 Å². The van der Waals surface area contributed by atoms with Crippen LogP contribution in [-0.4, -0.2) is 16.4 Å². The molecule has 84 valence electrons. The van der Waals surface area contributed by atoms with E-state index < -0.39 is 11.8 Å². The fourth-order valence-electron chi connectivity index (χ4n) is 1.98. The predicted octanol–water partition coefficient (Wildman–Crippen LogP) is 0.425. The third kappa shape index (κ3) is 1.25. The van der Waals surface area contributed by atoms with Crippen molar-refractivity contribution in [3.05, 3.63) is 42.2 Å². The molecule has 0 saturated heterocycles. The molecule has 1 aliphatic heterocycles. The Morgan fingerprint density at radius 1 is 1.06 bits per heavy atom. The highest BCUT2D eigenvalue weighted by molar-refractivity contribution is 6.32. The van der Waals surface area contributed by atoms with Crippen LogP contribution in [0.3, 0.4) is 0 Å². The van der Waals surface area contributed by atoms with Gasteiger partial charge in [-0.2, -0.15) is 0 Å². The Hall–Kier alpha value is -2.56. The molecular weight excluding hydrogens is 218 g/mol. The first-order chi connectivity index (χ1) is 8.18. The SMILES string of the molecule is NC1=C(n2ccc3ccccc32)C(=O)NC1=O. The number of nitrogens with zero attached hydrogens (tertiary/aromatic N) is 1. The van der Waals surface area contributed by atoms with Crippen molar-refractivity contribution in [1.29, 1.82) is 0 Å². The van der Waals surface area contributed by atoms with Crippen LogP contribution in [0.4, 0.5) is 0 Å². The number of carbonyl (C=O) groups is 2. The summed E-state index contributed by atoms with van der Waals surface area (Å²) in [5.41, 5.74) is 6.61. The van der Waals surface area contributed by atoms with E-state index in [0.29, 0.717) is 0 Å². The molecule has 0 radical (unpaired) electrons. The monoisotopic (exact) mass is 227 g/mol. The predicted molar refractivity (Wildman–Crippen MR) is 62.5 cm³/mol. The molecule has 0 fully saturated rings. The number of benzene rings is 1. The summed E-state index contributed by atoms with van der Waals surface area (Å²) < 4.78 is 1.63. The molecule has 2 heterocycles. The lowest BCUT2D eigenvalue weighted by molar-refractivity contribution is -0.123. The van der Waals surface area contributed by atoms with E-state index in [1.807, 2.05) is 30.3 Å². The van der Waals surface area contributed by atoms with Crippen LogP contribution in [0.2, 0.25) is 0 Å². The first-order valence-electron chi connectivity index (χ1n) is 5.10. The van der Waals surface area contributed by atoms with Crippen LogP contribution >= 0.6 is 0 Å². The van der Waals surface area contributed by atoms with E-state index in [2.05, 4.69) is 5.32 Å². The summed E-state index contributed by atoms with van der Waals surface area (Å²) in [5, 5.41) is 3.16. The van der Waals surface area contributed by atoms with E-state index in [4.69, 9.17) is 5.73 Å². The molecule has 3 rings (SSSR count). The molecule has 1 aromatic heterocycles. The van der Waals surface area contributed by atoms with E-state index in [1.165, 1.54) is 0 Å². The summed E-state index contributed by atoms with van der Waals surface area (Å²) in [7, 11) is 0. The minimum absolute atomic E-state index is 0.0450. The molecule has 5 heteroatoms. The fourth-order valence-corrected chi connectivity index (χ4v) is 1.98. The van der Waals surface area contributed by atoms with Gasteiger partial charge in [0.15, 0.2) is 0 Å². The van der Waals surface area contributed by atoms with Crippen molar-refractivity contribution >= 4 is 28.4 Å². The number of fused-ring (bicyclic) bond motifs is 1. The van der Waals surface area contributed by atoms with Gasteiger partial charge in [0.05, 0.1) is 5.52 Å². The van der Waals surface area contributed by atoms with Crippen molar-refractivity contribution in [2.24, 2.45) is 5.73 Å². The van der Waals surface area contributed by atoms with E-state index in [-0.39, 0.29) is 11.4 Å². The van der Waals surface area contributed by atoms with Crippen molar-refractivity contribution in [2.75, 3.05) is 0 Å². The average Bonchev–Trinajstić information content (AvgIpc) is 2.82. The van der Waals surface area contributed by atoms with Gasteiger partial charge in [-0.3, -0.25) is 14.9 Å². The molecule has 0 bridgehead atoms. The van der Waals surface area contributed by atoms with Crippen molar-refractivity contribution in [3.63, 3.8) is 0 Å². The highest BCUT2D eigenvalue weighted by atomic mass is 16.2. The smallest absolute Gasteiger partial charge is 0.277 e. The zero-order chi connectivity index (χ0) is 12.0. The zero-order valence-electron chi connectivity index (χ0n) is 8.81. The highest BCUT2D eigenvalue weighted by Crippen LogP contribution is 2.22. The lowest BCUT2D eigenvalue weighted by Gasteiger charge is -2.04. The maximum atomic E-state index is 11.6. The Bertz CT molecular complexity index is 682. The largest absolute Gasteiger partial charge is 0.392 e. The molecule has 0 spiro atoms. The third-order valence-corrected chi connectivity index (χ3v) is 2.78. The maximum Gasteiger partial charge on any atom is 0.277 e. The second-order valence-electron chi connectivity index (χ2n) is 3.79. The van der Waals surface area contributed by atoms with Crippen LogP contribution in [0.5, 0.6) is 0 Å². The van der Waals surface area contributed by atoms with Gasteiger partial charge in [0, 0.05) is 6.20 Å². The van der Waals surface area contributed by atoms with Crippen LogP contribution in [0, 0.1) is 0 Å². The van der Waals surface area contributed by atoms with Gasteiger partial charge in [0.25, 0.3) is 11.8 Å². The highest BCUT2D eigenvalue weighted by Gasteiger charge is 2.29. The lowest BCUT2D eigenvalue weighted by atomic mass is 10.2. The summed E-state index contributed by atoms with van der Waals surface area (Å²) in [5.74, 6) is -1.00. The minimum atomic E-state index is -0.539. The zero-order valence-corrected chi connectivity index (χ0v) is 8.81. The molecule has 0 saturated carbocycles. The van der Waals surface area contributed by atoms with Gasteiger partial charge in [-0.15, -0.1) is 0 Å². The third-order valence-electron chi connectivity index (χ3n) is 2.78. The van der Waals surface area contributed by atoms with Crippen molar-refractivity contribution in [1.82, 2.24) is 9.88 Å². The van der Waals surface area contributed by atoms with E-state index >= 15 is 0 Å².